The number of allylic oxidation sites excluding steroid dienone is 1. The summed E-state index contributed by atoms with van der Waals surface area (Å²) in [6.45, 7) is 5.36. The number of nitrogens with zero attached hydrogens (tertiary/aromatic N) is 2. The van der Waals surface area contributed by atoms with Crippen LogP contribution in [-0.2, 0) is 6.54 Å². The van der Waals surface area contributed by atoms with E-state index in [1.54, 1.807) is 18.5 Å². The summed E-state index contributed by atoms with van der Waals surface area (Å²) in [7, 11) is 0. The Morgan fingerprint density at radius 2 is 2.18 bits per heavy atom. The Labute approximate surface area is 130 Å². The van der Waals surface area contributed by atoms with Crippen molar-refractivity contribution >= 4 is 22.8 Å². The largest absolute Gasteiger partial charge is 0.389 e. The minimum absolute atomic E-state index is 0.0548. The molecule has 4 nitrogen and oxygen atoms in total. The van der Waals surface area contributed by atoms with Gasteiger partial charge in [-0.1, -0.05) is 18.2 Å². The predicted molar refractivity (Wildman–Crippen MR) is 87.8 cm³/mol. The van der Waals surface area contributed by atoms with Crippen LogP contribution in [0.4, 0.5) is 0 Å². The summed E-state index contributed by atoms with van der Waals surface area (Å²) in [6, 6.07) is 6.01. The molecule has 1 aromatic heterocycles. The molecule has 4 heteroatoms. The van der Waals surface area contributed by atoms with E-state index in [2.05, 4.69) is 17.3 Å². The van der Waals surface area contributed by atoms with E-state index in [0.717, 1.165) is 22.4 Å². The third-order valence-corrected chi connectivity index (χ3v) is 3.83. The molecule has 0 radical (unpaired) electrons. The third kappa shape index (κ3) is 3.28. The second-order valence-electron chi connectivity index (χ2n) is 6.85. The fraction of sp³-hybridized carbons (Fsp3) is 0.444. The summed E-state index contributed by atoms with van der Waals surface area (Å²) in [5, 5.41) is 15.3. The molecule has 1 aliphatic carbocycles. The van der Waals surface area contributed by atoms with E-state index in [9.17, 15) is 9.90 Å². The summed E-state index contributed by atoms with van der Waals surface area (Å²) in [6.07, 6.45) is 6.93. The van der Waals surface area contributed by atoms with E-state index in [1.165, 1.54) is 19.8 Å². The Morgan fingerprint density at radius 3 is 2.77 bits per heavy atom. The number of carbonyl (C=O) groups excluding carboxylic acids is 1. The van der Waals surface area contributed by atoms with Gasteiger partial charge in [-0.2, -0.15) is 5.10 Å². The molecule has 1 aromatic carbocycles. The van der Waals surface area contributed by atoms with E-state index in [1.807, 2.05) is 18.2 Å². The average Bonchev–Trinajstić information content (AvgIpc) is 3.18. The summed E-state index contributed by atoms with van der Waals surface area (Å²) in [5.74, 6) is 0.672. The molecule has 1 heterocycles. The first kappa shape index (κ1) is 15.0. The van der Waals surface area contributed by atoms with Crippen LogP contribution >= 0.6 is 0 Å². The van der Waals surface area contributed by atoms with Gasteiger partial charge in [0.1, 0.15) is 5.69 Å². The molecule has 0 unspecified atom stereocenters. The predicted octanol–water partition coefficient (Wildman–Crippen LogP) is 3.43. The van der Waals surface area contributed by atoms with Crippen LogP contribution in [0.3, 0.4) is 0 Å². The van der Waals surface area contributed by atoms with Crippen molar-refractivity contribution in [3.05, 3.63) is 35.5 Å². The molecule has 0 amide bonds. The fourth-order valence-electron chi connectivity index (χ4n) is 2.58. The van der Waals surface area contributed by atoms with Crippen LogP contribution < -0.4 is 0 Å². The van der Waals surface area contributed by atoms with Crippen LogP contribution in [-0.4, -0.2) is 26.3 Å². The van der Waals surface area contributed by atoms with Crippen LogP contribution in [0.25, 0.3) is 17.0 Å². The SMILES string of the molecule is CC(=O)c1nn(CC(C)(C)O)c2cc(/C=C\C3CC3)ccc12. The molecule has 116 valence electrons. The van der Waals surface area contributed by atoms with Crippen molar-refractivity contribution in [2.75, 3.05) is 0 Å². The standard InChI is InChI=1S/C18H22N2O2/c1-12(21)17-15-9-8-14(7-6-13-4-5-13)10-16(15)20(19-17)11-18(2,3)22/h6-10,13,22H,4-5,11H2,1-3H3/b7-6-. The number of aromatic nitrogens is 2. The van der Waals surface area contributed by atoms with Crippen LogP contribution in [0.15, 0.2) is 24.3 Å². The maximum atomic E-state index is 11.8. The van der Waals surface area contributed by atoms with E-state index in [-0.39, 0.29) is 5.78 Å². The smallest absolute Gasteiger partial charge is 0.180 e. The van der Waals surface area contributed by atoms with Gasteiger partial charge in [0, 0.05) is 12.3 Å². The molecule has 1 fully saturated rings. The van der Waals surface area contributed by atoms with Gasteiger partial charge in [0.2, 0.25) is 0 Å². The Hall–Kier alpha value is -1.94. The third-order valence-electron chi connectivity index (χ3n) is 3.83. The van der Waals surface area contributed by atoms with Crippen LogP contribution in [0.1, 0.15) is 49.7 Å². The highest BCUT2D eigenvalue weighted by Crippen LogP contribution is 2.31. The lowest BCUT2D eigenvalue weighted by atomic mass is 10.1. The Balaban J connectivity index is 2.06. The minimum atomic E-state index is -0.882. The van der Waals surface area contributed by atoms with Crippen LogP contribution in [0.2, 0.25) is 0 Å². The van der Waals surface area contributed by atoms with Gasteiger partial charge in [-0.25, -0.2) is 0 Å². The molecule has 3 rings (SSSR count). The number of hydrogen-bond acceptors (Lipinski definition) is 3. The van der Waals surface area contributed by atoms with Gasteiger partial charge >= 0.3 is 0 Å². The number of fused-ring (bicyclic) bond motifs is 1. The molecular formula is C18H22N2O2. The molecule has 1 N–H and O–H groups in total. The summed E-state index contributed by atoms with van der Waals surface area (Å²) in [4.78, 5) is 11.8. The van der Waals surface area contributed by atoms with Gasteiger partial charge in [-0.05, 0) is 50.3 Å². The molecule has 0 aliphatic heterocycles. The van der Waals surface area contributed by atoms with Crippen molar-refractivity contribution in [3.63, 3.8) is 0 Å². The molecule has 0 spiro atoms. The highest BCUT2D eigenvalue weighted by atomic mass is 16.3. The molecule has 0 saturated heterocycles. The monoisotopic (exact) mass is 298 g/mol. The van der Waals surface area contributed by atoms with Gasteiger partial charge in [0.25, 0.3) is 0 Å². The van der Waals surface area contributed by atoms with E-state index in [4.69, 9.17) is 0 Å². The molecule has 0 bridgehead atoms. The number of carbonyl (C=O) groups is 1. The van der Waals surface area contributed by atoms with Crippen molar-refractivity contribution in [1.82, 2.24) is 9.78 Å². The van der Waals surface area contributed by atoms with Crippen LogP contribution in [0.5, 0.6) is 0 Å². The number of aliphatic hydroxyl groups is 1. The molecule has 22 heavy (non-hydrogen) atoms. The zero-order chi connectivity index (χ0) is 15.9. The first-order valence-electron chi connectivity index (χ1n) is 7.75. The number of hydrogen-bond donors (Lipinski definition) is 1. The topological polar surface area (TPSA) is 55.1 Å². The fourth-order valence-corrected chi connectivity index (χ4v) is 2.58. The molecule has 1 aliphatic rings. The highest BCUT2D eigenvalue weighted by molar-refractivity contribution is 6.05. The molecular weight excluding hydrogens is 276 g/mol. The maximum Gasteiger partial charge on any atom is 0.180 e. The van der Waals surface area contributed by atoms with Gasteiger partial charge in [0.05, 0.1) is 17.7 Å². The zero-order valence-corrected chi connectivity index (χ0v) is 13.3. The normalized spacial score (nSPS) is 15.8. The summed E-state index contributed by atoms with van der Waals surface area (Å²) in [5.41, 5.74) is 1.58. The minimum Gasteiger partial charge on any atom is -0.389 e. The first-order chi connectivity index (χ1) is 10.3. The van der Waals surface area contributed by atoms with Gasteiger partial charge < -0.3 is 5.11 Å². The number of benzene rings is 1. The Morgan fingerprint density at radius 1 is 1.45 bits per heavy atom. The number of ketones is 1. The summed E-state index contributed by atoms with van der Waals surface area (Å²) >= 11 is 0. The molecule has 2 aromatic rings. The van der Waals surface area contributed by atoms with Crippen molar-refractivity contribution in [3.8, 4) is 0 Å². The zero-order valence-electron chi connectivity index (χ0n) is 13.3. The lowest BCUT2D eigenvalue weighted by Gasteiger charge is -2.17. The first-order valence-corrected chi connectivity index (χ1v) is 7.75. The van der Waals surface area contributed by atoms with E-state index in [0.29, 0.717) is 12.2 Å². The van der Waals surface area contributed by atoms with Gasteiger partial charge in [0.15, 0.2) is 5.78 Å². The molecule has 0 atom stereocenters. The van der Waals surface area contributed by atoms with Gasteiger partial charge in [-0.3, -0.25) is 9.48 Å². The lowest BCUT2D eigenvalue weighted by molar-refractivity contribution is 0.0588. The van der Waals surface area contributed by atoms with Crippen molar-refractivity contribution in [1.29, 1.82) is 0 Å². The van der Waals surface area contributed by atoms with Gasteiger partial charge in [-0.15, -0.1) is 0 Å². The highest BCUT2D eigenvalue weighted by Gasteiger charge is 2.20. The van der Waals surface area contributed by atoms with E-state index >= 15 is 0 Å². The number of rotatable bonds is 5. The summed E-state index contributed by atoms with van der Waals surface area (Å²) < 4.78 is 1.74. The Bertz CT molecular complexity index is 746. The van der Waals surface area contributed by atoms with Crippen molar-refractivity contribution in [2.45, 2.75) is 45.8 Å². The lowest BCUT2D eigenvalue weighted by Crippen LogP contribution is -2.26. The second kappa shape index (κ2) is 5.36. The quantitative estimate of drug-likeness (QED) is 0.860. The second-order valence-corrected chi connectivity index (χ2v) is 6.85. The number of Topliss-reactive ketones (excluding diaryl/α,β-unsaturated/α-hetero) is 1. The Kier molecular flexibility index (Phi) is 3.65. The van der Waals surface area contributed by atoms with E-state index < -0.39 is 5.60 Å². The maximum absolute atomic E-state index is 11.8. The van der Waals surface area contributed by atoms with Crippen molar-refractivity contribution in [2.24, 2.45) is 5.92 Å². The average molecular weight is 298 g/mol. The van der Waals surface area contributed by atoms with Crippen molar-refractivity contribution < 1.29 is 9.90 Å². The van der Waals surface area contributed by atoms with Crippen LogP contribution in [0, 0.1) is 5.92 Å². The molecule has 1 saturated carbocycles.